The second-order valence-electron chi connectivity index (χ2n) is 3.81. The second-order valence-corrected chi connectivity index (χ2v) is 3.81. The molecule has 0 fully saturated rings. The number of rotatable bonds is 7. The molecule has 0 saturated carbocycles. The topological polar surface area (TPSA) is 110 Å². The summed E-state index contributed by atoms with van der Waals surface area (Å²) >= 11 is 0. The van der Waals surface area contributed by atoms with Gasteiger partial charge >= 0.3 is 12.1 Å². The van der Waals surface area contributed by atoms with E-state index in [4.69, 9.17) is 11.5 Å². The van der Waals surface area contributed by atoms with Gasteiger partial charge in [0.15, 0.2) is 0 Å². The molecule has 0 spiro atoms. The van der Waals surface area contributed by atoms with Crippen LogP contribution in [0.2, 0.25) is 0 Å². The molecule has 0 unspecified atom stereocenters. The highest BCUT2D eigenvalue weighted by atomic mass is 16.2. The Bertz CT molecular complexity index is 209. The van der Waals surface area contributed by atoms with Crippen LogP contribution in [0, 0.1) is 0 Å². The van der Waals surface area contributed by atoms with Gasteiger partial charge in [0.25, 0.3) is 0 Å². The summed E-state index contributed by atoms with van der Waals surface area (Å²) in [5.74, 6) is 0. The molecule has 6 N–H and O–H groups in total. The van der Waals surface area contributed by atoms with Gasteiger partial charge in [-0.2, -0.15) is 0 Å². The van der Waals surface area contributed by atoms with Crippen molar-refractivity contribution in [2.45, 2.75) is 51.6 Å². The Morgan fingerprint density at radius 3 is 1.44 bits per heavy atom. The van der Waals surface area contributed by atoms with Crippen molar-refractivity contribution in [1.82, 2.24) is 10.6 Å². The highest BCUT2D eigenvalue weighted by Gasteiger charge is 2.22. The van der Waals surface area contributed by atoms with Crippen molar-refractivity contribution in [2.75, 3.05) is 0 Å². The van der Waals surface area contributed by atoms with E-state index in [1.165, 1.54) is 0 Å². The van der Waals surface area contributed by atoms with Crippen LogP contribution in [0.3, 0.4) is 0 Å². The number of hydrogen-bond donors (Lipinski definition) is 4. The van der Waals surface area contributed by atoms with Crippen LogP contribution >= 0.6 is 0 Å². The second kappa shape index (κ2) is 7.78. The van der Waals surface area contributed by atoms with E-state index in [9.17, 15) is 9.59 Å². The van der Waals surface area contributed by atoms with Crippen LogP contribution in [0.5, 0.6) is 0 Å². The maximum Gasteiger partial charge on any atom is 0.312 e. The zero-order chi connectivity index (χ0) is 12.6. The molecule has 0 radical (unpaired) electrons. The number of carbonyl (C=O) groups is 2. The van der Waals surface area contributed by atoms with Gasteiger partial charge in [-0.15, -0.1) is 0 Å². The van der Waals surface area contributed by atoms with Crippen LogP contribution < -0.4 is 22.1 Å². The molecule has 0 saturated heterocycles. The van der Waals surface area contributed by atoms with Crippen LogP contribution in [0.25, 0.3) is 0 Å². The Kier molecular flexibility index (Phi) is 7.07. The lowest BCUT2D eigenvalue weighted by Gasteiger charge is -2.27. The first-order valence-electron chi connectivity index (χ1n) is 5.63. The van der Waals surface area contributed by atoms with E-state index in [2.05, 4.69) is 10.6 Å². The Balaban J connectivity index is 4.49. The minimum absolute atomic E-state index is 0.157. The van der Waals surface area contributed by atoms with Crippen molar-refractivity contribution in [1.29, 1.82) is 0 Å². The van der Waals surface area contributed by atoms with Gasteiger partial charge in [-0.05, 0) is 12.8 Å². The molecule has 6 heteroatoms. The average molecular weight is 230 g/mol. The SMILES string of the molecule is CCC[C@@H](NC(N)=O)[C@@H](CCC)NC(N)=O. The van der Waals surface area contributed by atoms with Crippen LogP contribution in [0.4, 0.5) is 9.59 Å². The summed E-state index contributed by atoms with van der Waals surface area (Å²) in [4.78, 5) is 21.7. The van der Waals surface area contributed by atoms with E-state index < -0.39 is 12.1 Å². The van der Waals surface area contributed by atoms with E-state index in [1.807, 2.05) is 13.8 Å². The van der Waals surface area contributed by atoms with Gasteiger partial charge in [-0.3, -0.25) is 0 Å². The van der Waals surface area contributed by atoms with Crippen molar-refractivity contribution < 1.29 is 9.59 Å². The maximum atomic E-state index is 10.8. The van der Waals surface area contributed by atoms with Crippen LogP contribution in [0.15, 0.2) is 0 Å². The monoisotopic (exact) mass is 230 g/mol. The molecule has 4 amide bonds. The molecule has 2 atom stereocenters. The fourth-order valence-corrected chi connectivity index (χ4v) is 1.74. The first-order valence-corrected chi connectivity index (χ1v) is 5.63. The third-order valence-corrected chi connectivity index (χ3v) is 2.34. The molecule has 0 aliphatic rings. The number of carbonyl (C=O) groups excluding carboxylic acids is 2. The molecule has 16 heavy (non-hydrogen) atoms. The molecule has 0 heterocycles. The first kappa shape index (κ1) is 14.5. The molecule has 0 aromatic rings. The minimum Gasteiger partial charge on any atom is -0.352 e. The van der Waals surface area contributed by atoms with Crippen molar-refractivity contribution in [3.63, 3.8) is 0 Å². The normalized spacial score (nSPS) is 13.9. The first-order chi connectivity index (χ1) is 7.51. The number of amides is 4. The van der Waals surface area contributed by atoms with Crippen molar-refractivity contribution in [3.8, 4) is 0 Å². The van der Waals surface area contributed by atoms with E-state index in [0.717, 1.165) is 25.7 Å². The Morgan fingerprint density at radius 2 is 1.25 bits per heavy atom. The van der Waals surface area contributed by atoms with Gasteiger partial charge in [-0.1, -0.05) is 26.7 Å². The summed E-state index contributed by atoms with van der Waals surface area (Å²) in [5, 5.41) is 5.28. The van der Waals surface area contributed by atoms with E-state index in [0.29, 0.717) is 0 Å². The molecule has 0 rings (SSSR count). The molecular formula is C10H22N4O2. The van der Waals surface area contributed by atoms with Gasteiger partial charge in [0, 0.05) is 0 Å². The third-order valence-electron chi connectivity index (χ3n) is 2.34. The van der Waals surface area contributed by atoms with Crippen LogP contribution in [0.1, 0.15) is 39.5 Å². The van der Waals surface area contributed by atoms with Crippen LogP contribution in [-0.4, -0.2) is 24.1 Å². The fraction of sp³-hybridized carbons (Fsp3) is 0.800. The lowest BCUT2D eigenvalue weighted by molar-refractivity contribution is 0.229. The van der Waals surface area contributed by atoms with E-state index >= 15 is 0 Å². The Morgan fingerprint density at radius 1 is 0.938 bits per heavy atom. The zero-order valence-corrected chi connectivity index (χ0v) is 9.95. The number of nitrogens with two attached hydrogens (primary N) is 2. The average Bonchev–Trinajstić information content (AvgIpc) is 2.15. The summed E-state index contributed by atoms with van der Waals surface area (Å²) in [6, 6.07) is -1.47. The molecule has 0 aliphatic carbocycles. The quantitative estimate of drug-likeness (QED) is 0.515. The van der Waals surface area contributed by atoms with Gasteiger partial charge in [-0.25, -0.2) is 9.59 Å². The number of urea groups is 2. The van der Waals surface area contributed by atoms with E-state index in [-0.39, 0.29) is 12.1 Å². The summed E-state index contributed by atoms with van der Waals surface area (Å²) in [6.07, 6.45) is 3.30. The highest BCUT2D eigenvalue weighted by Crippen LogP contribution is 2.08. The molecule has 6 nitrogen and oxygen atoms in total. The molecule has 94 valence electrons. The lowest BCUT2D eigenvalue weighted by atomic mass is 9.99. The molecule has 0 bridgehead atoms. The van der Waals surface area contributed by atoms with Crippen molar-refractivity contribution in [2.24, 2.45) is 11.5 Å². The number of hydrogen-bond acceptors (Lipinski definition) is 2. The highest BCUT2D eigenvalue weighted by molar-refractivity contribution is 5.73. The van der Waals surface area contributed by atoms with E-state index in [1.54, 1.807) is 0 Å². The smallest absolute Gasteiger partial charge is 0.312 e. The van der Waals surface area contributed by atoms with Gasteiger partial charge in [0.1, 0.15) is 0 Å². The van der Waals surface area contributed by atoms with Gasteiger partial charge in [0.05, 0.1) is 12.1 Å². The molecule has 0 aromatic carbocycles. The predicted octanol–water partition coefficient (Wildman–Crippen LogP) is 0.660. The van der Waals surface area contributed by atoms with Crippen molar-refractivity contribution >= 4 is 12.1 Å². The predicted molar refractivity (Wildman–Crippen MR) is 62.8 cm³/mol. The molecule has 0 aliphatic heterocycles. The zero-order valence-electron chi connectivity index (χ0n) is 9.95. The van der Waals surface area contributed by atoms with Crippen molar-refractivity contribution in [3.05, 3.63) is 0 Å². The molecule has 0 aromatic heterocycles. The third kappa shape index (κ3) is 6.10. The molecular weight excluding hydrogens is 208 g/mol. The summed E-state index contributed by atoms with van der Waals surface area (Å²) < 4.78 is 0. The summed E-state index contributed by atoms with van der Waals surface area (Å²) in [7, 11) is 0. The summed E-state index contributed by atoms with van der Waals surface area (Å²) in [6.45, 7) is 4.01. The standard InChI is InChI=1S/C10H22N4O2/c1-3-5-7(13-9(11)15)8(6-4-2)14-10(12)16/h7-8H,3-6H2,1-2H3,(H3,11,13,15)(H3,12,14,16)/t7-,8-/m1/s1. The number of primary amides is 2. The lowest BCUT2D eigenvalue weighted by Crippen LogP contribution is -2.53. The van der Waals surface area contributed by atoms with Gasteiger partial charge < -0.3 is 22.1 Å². The Hall–Kier alpha value is -1.46. The fourth-order valence-electron chi connectivity index (χ4n) is 1.74. The Labute approximate surface area is 96.1 Å². The minimum atomic E-state index is -0.578. The number of nitrogens with one attached hydrogen (secondary N) is 2. The van der Waals surface area contributed by atoms with Gasteiger partial charge in [0.2, 0.25) is 0 Å². The summed E-state index contributed by atoms with van der Waals surface area (Å²) in [5.41, 5.74) is 10.2. The maximum absolute atomic E-state index is 10.8. The largest absolute Gasteiger partial charge is 0.352 e. The van der Waals surface area contributed by atoms with Crippen LogP contribution in [-0.2, 0) is 0 Å².